The lowest BCUT2D eigenvalue weighted by atomic mass is 9.95. The number of ether oxygens (including phenoxy) is 2. The standard InChI is InChI=1S/C20H24N2O4S2/c1-25-15-9-8-13(10-16(15)26-2)11-17-19(24)22(20(27)28-17)12-18(23)21-14-6-4-3-5-7-14/h8-11,14H,3-7,12H2,1-2H3,(H,21,23). The van der Waals surface area contributed by atoms with E-state index in [1.54, 1.807) is 32.4 Å². The van der Waals surface area contributed by atoms with Crippen molar-refractivity contribution in [2.24, 2.45) is 0 Å². The third-order valence-corrected chi connectivity index (χ3v) is 6.23. The van der Waals surface area contributed by atoms with Crippen LogP contribution in [0.3, 0.4) is 0 Å². The van der Waals surface area contributed by atoms with E-state index in [2.05, 4.69) is 5.32 Å². The van der Waals surface area contributed by atoms with E-state index in [1.165, 1.54) is 23.1 Å². The Bertz CT molecular complexity index is 803. The molecule has 1 aliphatic carbocycles. The summed E-state index contributed by atoms with van der Waals surface area (Å²) in [7, 11) is 3.13. The third kappa shape index (κ3) is 4.86. The van der Waals surface area contributed by atoms with Crippen molar-refractivity contribution in [2.75, 3.05) is 20.8 Å². The Morgan fingerprint density at radius 1 is 1.25 bits per heavy atom. The molecule has 1 aromatic rings. The minimum Gasteiger partial charge on any atom is -0.493 e. The lowest BCUT2D eigenvalue weighted by molar-refractivity contribution is -0.129. The zero-order chi connectivity index (χ0) is 20.1. The van der Waals surface area contributed by atoms with Crippen LogP contribution in [0.5, 0.6) is 11.5 Å². The van der Waals surface area contributed by atoms with Gasteiger partial charge in [0.15, 0.2) is 11.5 Å². The summed E-state index contributed by atoms with van der Waals surface area (Å²) >= 11 is 6.53. The van der Waals surface area contributed by atoms with Crippen LogP contribution in [0.4, 0.5) is 0 Å². The second-order valence-electron chi connectivity index (χ2n) is 6.78. The highest BCUT2D eigenvalue weighted by molar-refractivity contribution is 8.26. The number of thiocarbonyl (C=S) groups is 1. The molecule has 0 radical (unpaired) electrons. The molecular formula is C20H24N2O4S2. The predicted molar refractivity (Wildman–Crippen MR) is 114 cm³/mol. The molecule has 2 amide bonds. The normalized spacial score (nSPS) is 19.2. The lowest BCUT2D eigenvalue weighted by Crippen LogP contribution is -2.44. The maximum absolute atomic E-state index is 12.7. The summed E-state index contributed by atoms with van der Waals surface area (Å²) in [6.45, 7) is -0.0373. The summed E-state index contributed by atoms with van der Waals surface area (Å²) in [4.78, 5) is 26.9. The summed E-state index contributed by atoms with van der Waals surface area (Å²) in [5.41, 5.74) is 0.796. The lowest BCUT2D eigenvalue weighted by Gasteiger charge is -2.24. The van der Waals surface area contributed by atoms with Crippen molar-refractivity contribution >= 4 is 46.2 Å². The Labute approximate surface area is 174 Å². The molecule has 28 heavy (non-hydrogen) atoms. The van der Waals surface area contributed by atoms with Gasteiger partial charge in [-0.25, -0.2) is 0 Å². The van der Waals surface area contributed by atoms with Crippen LogP contribution >= 0.6 is 24.0 Å². The van der Waals surface area contributed by atoms with Gasteiger partial charge >= 0.3 is 0 Å². The van der Waals surface area contributed by atoms with Crippen LogP contribution < -0.4 is 14.8 Å². The van der Waals surface area contributed by atoms with Gasteiger partial charge in [-0.1, -0.05) is 49.3 Å². The molecule has 1 saturated heterocycles. The zero-order valence-electron chi connectivity index (χ0n) is 16.0. The Balaban J connectivity index is 1.67. The monoisotopic (exact) mass is 420 g/mol. The van der Waals surface area contributed by atoms with Crippen molar-refractivity contribution in [1.29, 1.82) is 0 Å². The fourth-order valence-electron chi connectivity index (χ4n) is 3.39. The van der Waals surface area contributed by atoms with Gasteiger partial charge in [0.1, 0.15) is 10.9 Å². The average molecular weight is 421 g/mol. The van der Waals surface area contributed by atoms with Crippen LogP contribution in [0.2, 0.25) is 0 Å². The molecule has 0 bridgehead atoms. The third-order valence-electron chi connectivity index (χ3n) is 4.85. The second-order valence-corrected chi connectivity index (χ2v) is 8.46. The van der Waals surface area contributed by atoms with Crippen LogP contribution in [0.25, 0.3) is 6.08 Å². The maximum atomic E-state index is 12.7. The predicted octanol–water partition coefficient (Wildman–Crippen LogP) is 3.35. The zero-order valence-corrected chi connectivity index (χ0v) is 17.7. The van der Waals surface area contributed by atoms with Gasteiger partial charge in [0, 0.05) is 6.04 Å². The van der Waals surface area contributed by atoms with Gasteiger partial charge in [0.25, 0.3) is 5.91 Å². The number of hydrogen-bond donors (Lipinski definition) is 1. The van der Waals surface area contributed by atoms with Crippen molar-refractivity contribution in [2.45, 2.75) is 38.1 Å². The molecule has 0 aromatic heterocycles. The number of carbonyl (C=O) groups is 2. The maximum Gasteiger partial charge on any atom is 0.266 e. The number of rotatable bonds is 6. The van der Waals surface area contributed by atoms with E-state index in [1.807, 2.05) is 6.07 Å². The van der Waals surface area contributed by atoms with E-state index in [0.29, 0.717) is 20.7 Å². The van der Waals surface area contributed by atoms with E-state index in [9.17, 15) is 9.59 Å². The molecule has 0 atom stereocenters. The molecule has 3 rings (SSSR count). The molecule has 2 aliphatic rings. The Kier molecular flexibility index (Phi) is 6.96. The molecule has 1 saturated carbocycles. The first kappa shape index (κ1) is 20.7. The van der Waals surface area contributed by atoms with Crippen LogP contribution in [0.1, 0.15) is 37.7 Å². The molecule has 150 valence electrons. The summed E-state index contributed by atoms with van der Waals surface area (Å²) in [5.74, 6) is 0.796. The Hall–Kier alpha value is -2.06. The largest absolute Gasteiger partial charge is 0.493 e. The van der Waals surface area contributed by atoms with E-state index in [0.717, 1.165) is 31.2 Å². The highest BCUT2D eigenvalue weighted by Crippen LogP contribution is 2.34. The van der Waals surface area contributed by atoms with Crippen molar-refractivity contribution in [1.82, 2.24) is 10.2 Å². The molecular weight excluding hydrogens is 396 g/mol. The Morgan fingerprint density at radius 2 is 1.96 bits per heavy atom. The molecule has 0 unspecified atom stereocenters. The molecule has 2 fully saturated rings. The fraction of sp³-hybridized carbons (Fsp3) is 0.450. The van der Waals surface area contributed by atoms with E-state index in [4.69, 9.17) is 21.7 Å². The molecule has 6 nitrogen and oxygen atoms in total. The first-order chi connectivity index (χ1) is 13.5. The number of methoxy groups -OCH3 is 2. The topological polar surface area (TPSA) is 67.9 Å². The molecule has 0 spiro atoms. The summed E-state index contributed by atoms with van der Waals surface area (Å²) in [5, 5.41) is 3.03. The Morgan fingerprint density at radius 3 is 2.64 bits per heavy atom. The van der Waals surface area contributed by atoms with Gasteiger partial charge in [-0.3, -0.25) is 14.5 Å². The highest BCUT2D eigenvalue weighted by Gasteiger charge is 2.33. The molecule has 8 heteroatoms. The van der Waals surface area contributed by atoms with Crippen LogP contribution in [-0.4, -0.2) is 47.8 Å². The van der Waals surface area contributed by atoms with E-state index >= 15 is 0 Å². The average Bonchev–Trinajstić information content (AvgIpc) is 2.96. The first-order valence-electron chi connectivity index (χ1n) is 9.28. The number of thioether (sulfide) groups is 1. The number of nitrogens with zero attached hydrogens (tertiary/aromatic N) is 1. The van der Waals surface area contributed by atoms with Crippen LogP contribution in [0, 0.1) is 0 Å². The highest BCUT2D eigenvalue weighted by atomic mass is 32.2. The van der Waals surface area contributed by atoms with E-state index < -0.39 is 0 Å². The number of amides is 2. The van der Waals surface area contributed by atoms with Gasteiger partial charge in [-0.05, 0) is 36.6 Å². The first-order valence-corrected chi connectivity index (χ1v) is 10.5. The van der Waals surface area contributed by atoms with Crippen molar-refractivity contribution in [3.63, 3.8) is 0 Å². The van der Waals surface area contributed by atoms with Gasteiger partial charge in [-0.2, -0.15) is 0 Å². The van der Waals surface area contributed by atoms with Crippen molar-refractivity contribution in [3.05, 3.63) is 28.7 Å². The molecule has 1 aromatic carbocycles. The summed E-state index contributed by atoms with van der Waals surface area (Å²) < 4.78 is 10.9. The van der Waals surface area contributed by atoms with Crippen LogP contribution in [-0.2, 0) is 9.59 Å². The van der Waals surface area contributed by atoms with E-state index in [-0.39, 0.29) is 24.4 Å². The quantitative estimate of drug-likeness (QED) is 0.562. The van der Waals surface area contributed by atoms with Crippen molar-refractivity contribution in [3.8, 4) is 11.5 Å². The minimum absolute atomic E-state index is 0.0373. The van der Waals surface area contributed by atoms with Crippen molar-refractivity contribution < 1.29 is 19.1 Å². The molecule has 1 aliphatic heterocycles. The molecule has 1 N–H and O–H groups in total. The second kappa shape index (κ2) is 9.43. The SMILES string of the molecule is COc1ccc(C=C2SC(=S)N(CC(=O)NC3CCCCC3)C2=O)cc1OC. The van der Waals surface area contributed by atoms with Gasteiger partial charge in [-0.15, -0.1) is 0 Å². The van der Waals surface area contributed by atoms with Gasteiger partial charge < -0.3 is 14.8 Å². The smallest absolute Gasteiger partial charge is 0.266 e. The fourth-order valence-corrected chi connectivity index (χ4v) is 4.65. The number of nitrogens with one attached hydrogen (secondary N) is 1. The van der Waals surface area contributed by atoms with Crippen LogP contribution in [0.15, 0.2) is 23.1 Å². The summed E-state index contributed by atoms with van der Waals surface area (Å²) in [6, 6.07) is 5.62. The number of carbonyl (C=O) groups excluding carboxylic acids is 2. The number of hydrogen-bond acceptors (Lipinski definition) is 6. The number of benzene rings is 1. The van der Waals surface area contributed by atoms with Gasteiger partial charge in [0.05, 0.1) is 19.1 Å². The minimum atomic E-state index is -0.247. The summed E-state index contributed by atoms with van der Waals surface area (Å²) in [6.07, 6.45) is 7.26. The molecule has 1 heterocycles. The van der Waals surface area contributed by atoms with Gasteiger partial charge in [0.2, 0.25) is 5.91 Å².